The van der Waals surface area contributed by atoms with Gasteiger partial charge in [-0.2, -0.15) is 0 Å². The van der Waals surface area contributed by atoms with E-state index in [1.54, 1.807) is 24.0 Å². The zero-order valence-electron chi connectivity index (χ0n) is 18.4. The van der Waals surface area contributed by atoms with Crippen molar-refractivity contribution in [3.8, 4) is 0 Å². The van der Waals surface area contributed by atoms with Crippen LogP contribution >= 0.6 is 23.4 Å². The largest absolute Gasteiger partial charge is 0.466 e. The van der Waals surface area contributed by atoms with Gasteiger partial charge < -0.3 is 20.3 Å². The van der Waals surface area contributed by atoms with E-state index in [9.17, 15) is 14.4 Å². The smallest absolute Gasteiger partial charge is 0.338 e. The number of carbonyl (C=O) groups is 3. The molecule has 0 radical (unpaired) electrons. The average molecular weight is 489 g/mol. The summed E-state index contributed by atoms with van der Waals surface area (Å²) in [7, 11) is 1.33. The maximum atomic E-state index is 13.2. The van der Waals surface area contributed by atoms with Gasteiger partial charge in [0.05, 0.1) is 36.8 Å². The minimum absolute atomic E-state index is 0.0928. The topological polar surface area (TPSA) is 105 Å². The van der Waals surface area contributed by atoms with Gasteiger partial charge in [0.2, 0.25) is 11.8 Å². The lowest BCUT2D eigenvalue weighted by Gasteiger charge is -2.37. The first kappa shape index (κ1) is 23.4. The number of hydrogen-bond acceptors (Lipinski definition) is 7. The number of fused-ring (bicyclic) bond motifs is 1. The van der Waals surface area contributed by atoms with Crippen molar-refractivity contribution in [1.29, 1.82) is 0 Å². The van der Waals surface area contributed by atoms with Crippen LogP contribution < -0.4 is 5.73 Å². The van der Waals surface area contributed by atoms with Crippen LogP contribution in [0.25, 0.3) is 0 Å². The molecule has 1 aromatic carbocycles. The number of nitrogens with two attached hydrogens (primary N) is 1. The van der Waals surface area contributed by atoms with Gasteiger partial charge in [-0.25, -0.2) is 9.79 Å². The molecular formula is C23H25ClN4O4S. The van der Waals surface area contributed by atoms with Gasteiger partial charge in [0, 0.05) is 23.8 Å². The van der Waals surface area contributed by atoms with Crippen molar-refractivity contribution < 1.29 is 19.1 Å². The van der Waals surface area contributed by atoms with Crippen LogP contribution in [-0.2, 0) is 19.1 Å². The number of amidine groups is 1. The Hall–Kier alpha value is -2.78. The minimum Gasteiger partial charge on any atom is -0.466 e. The number of methoxy groups -OCH3 is 1. The Morgan fingerprint density at radius 2 is 2.12 bits per heavy atom. The van der Waals surface area contributed by atoms with E-state index in [1.165, 1.54) is 18.9 Å². The number of rotatable bonds is 5. The summed E-state index contributed by atoms with van der Waals surface area (Å²) in [5.74, 6) is -1.27. The van der Waals surface area contributed by atoms with Crippen molar-refractivity contribution in [1.82, 2.24) is 9.80 Å². The molecule has 3 aliphatic heterocycles. The lowest BCUT2D eigenvalue weighted by Crippen LogP contribution is -2.45. The van der Waals surface area contributed by atoms with Gasteiger partial charge in [-0.3, -0.25) is 9.59 Å². The maximum absolute atomic E-state index is 13.2. The summed E-state index contributed by atoms with van der Waals surface area (Å²) in [6.07, 6.45) is 1.55. The van der Waals surface area contributed by atoms with E-state index >= 15 is 0 Å². The molecule has 0 aliphatic carbocycles. The number of amides is 2. The number of halogens is 1. The van der Waals surface area contributed by atoms with Gasteiger partial charge in [0.15, 0.2) is 5.17 Å². The van der Waals surface area contributed by atoms with Crippen molar-refractivity contribution >= 4 is 46.3 Å². The van der Waals surface area contributed by atoms with Crippen molar-refractivity contribution in [2.24, 2.45) is 16.6 Å². The molecule has 3 heterocycles. The minimum atomic E-state index is -0.530. The normalized spacial score (nSPS) is 22.5. The number of hydrogen-bond donors (Lipinski definition) is 1. The Balaban J connectivity index is 1.65. The fraction of sp³-hybridized carbons (Fsp3) is 0.391. The Morgan fingerprint density at radius 3 is 2.82 bits per heavy atom. The second-order valence-corrected chi connectivity index (χ2v) is 9.47. The second-order valence-electron chi connectivity index (χ2n) is 8.20. The van der Waals surface area contributed by atoms with Crippen molar-refractivity contribution in [3.05, 3.63) is 57.2 Å². The average Bonchev–Trinajstić information content (AvgIpc) is 3.19. The van der Waals surface area contributed by atoms with E-state index in [1.807, 2.05) is 22.4 Å². The number of nitrogens with zero attached hydrogens (tertiary/aromatic N) is 3. The molecular weight excluding hydrogens is 464 g/mol. The number of aliphatic imine (C=N–C) groups is 1. The zero-order chi connectivity index (χ0) is 23.7. The summed E-state index contributed by atoms with van der Waals surface area (Å²) < 4.78 is 5.07. The predicted molar refractivity (Wildman–Crippen MR) is 127 cm³/mol. The van der Waals surface area contributed by atoms with E-state index < -0.39 is 12.0 Å². The number of likely N-dealkylation sites (tertiary alicyclic amines) is 1. The van der Waals surface area contributed by atoms with E-state index in [-0.39, 0.29) is 24.2 Å². The molecule has 2 N–H and O–H groups in total. The van der Waals surface area contributed by atoms with Gasteiger partial charge in [-0.05, 0) is 42.9 Å². The van der Waals surface area contributed by atoms with Gasteiger partial charge in [-0.1, -0.05) is 35.5 Å². The number of carbonyl (C=O) groups excluding carboxylic acids is 3. The van der Waals surface area contributed by atoms with Gasteiger partial charge in [-0.15, -0.1) is 0 Å². The molecule has 1 saturated heterocycles. The third kappa shape index (κ3) is 4.65. The molecule has 0 saturated carbocycles. The molecule has 8 nitrogen and oxygen atoms in total. The Labute approximate surface area is 201 Å². The first-order chi connectivity index (χ1) is 15.8. The molecule has 10 heteroatoms. The number of primary amides is 1. The van der Waals surface area contributed by atoms with Crippen molar-refractivity contribution in [2.45, 2.75) is 32.2 Å². The van der Waals surface area contributed by atoms with Gasteiger partial charge in [0.1, 0.15) is 0 Å². The lowest BCUT2D eigenvalue weighted by molar-refractivity contribution is -0.137. The van der Waals surface area contributed by atoms with E-state index in [2.05, 4.69) is 4.99 Å². The van der Waals surface area contributed by atoms with Crippen LogP contribution in [-0.4, -0.2) is 53.0 Å². The van der Waals surface area contributed by atoms with E-state index in [0.717, 1.165) is 17.7 Å². The highest BCUT2D eigenvalue weighted by Crippen LogP contribution is 2.45. The van der Waals surface area contributed by atoms with Crippen LogP contribution in [0.1, 0.15) is 37.8 Å². The Bertz CT molecular complexity index is 1100. The Kier molecular flexibility index (Phi) is 6.81. The summed E-state index contributed by atoms with van der Waals surface area (Å²) in [6.45, 7) is 2.70. The van der Waals surface area contributed by atoms with Crippen LogP contribution in [0.5, 0.6) is 0 Å². The molecule has 0 spiro atoms. The number of esters is 1. The van der Waals surface area contributed by atoms with Crippen LogP contribution in [0.3, 0.4) is 0 Å². The van der Waals surface area contributed by atoms with Crippen LogP contribution in [0.2, 0.25) is 5.02 Å². The number of allylic oxidation sites excluding steroid dienone is 1. The first-order valence-corrected chi connectivity index (χ1v) is 11.9. The fourth-order valence-corrected chi connectivity index (χ4v) is 5.60. The quantitative estimate of drug-likeness (QED) is 0.638. The first-order valence-electron chi connectivity index (χ1n) is 10.7. The molecule has 0 aromatic heterocycles. The number of thioether (sulfide) groups is 1. The summed E-state index contributed by atoms with van der Waals surface area (Å²) in [5, 5.41) is 3.11. The zero-order valence-corrected chi connectivity index (χ0v) is 20.0. The highest BCUT2D eigenvalue weighted by Gasteiger charge is 2.41. The fourth-order valence-electron chi connectivity index (χ4n) is 4.44. The van der Waals surface area contributed by atoms with Gasteiger partial charge >= 0.3 is 5.97 Å². The van der Waals surface area contributed by atoms with Crippen LogP contribution in [0.15, 0.2) is 51.6 Å². The molecule has 174 valence electrons. The monoisotopic (exact) mass is 488 g/mol. The third-order valence-electron chi connectivity index (χ3n) is 6.08. The molecule has 2 amide bonds. The molecule has 1 fully saturated rings. The maximum Gasteiger partial charge on any atom is 0.338 e. The molecule has 3 aliphatic rings. The molecule has 33 heavy (non-hydrogen) atoms. The lowest BCUT2D eigenvalue weighted by atomic mass is 9.93. The SMILES string of the molecule is COC(=O)C1=C(C)N=C2SC=C(CC(=O)N3CCC[C@@H](C(N)=O)C3)N2[C@@H]1c1cccc(Cl)c1. The number of benzene rings is 1. The highest BCUT2D eigenvalue weighted by atomic mass is 35.5. The molecule has 4 rings (SSSR count). The third-order valence-corrected chi connectivity index (χ3v) is 7.20. The number of ether oxygens (including phenoxy) is 1. The molecule has 0 bridgehead atoms. The predicted octanol–water partition coefficient (Wildman–Crippen LogP) is 3.20. The molecule has 0 unspecified atom stereocenters. The Morgan fingerprint density at radius 1 is 1.33 bits per heavy atom. The van der Waals surface area contributed by atoms with E-state index in [0.29, 0.717) is 41.0 Å². The van der Waals surface area contributed by atoms with E-state index in [4.69, 9.17) is 22.1 Å². The summed E-state index contributed by atoms with van der Waals surface area (Å²) in [4.78, 5) is 45.8. The summed E-state index contributed by atoms with van der Waals surface area (Å²) in [6, 6.07) is 6.75. The molecule has 1 aromatic rings. The van der Waals surface area contributed by atoms with Gasteiger partial charge in [0.25, 0.3) is 0 Å². The van der Waals surface area contributed by atoms with Crippen molar-refractivity contribution in [3.63, 3.8) is 0 Å². The summed E-state index contributed by atoms with van der Waals surface area (Å²) in [5.41, 5.74) is 7.95. The standard InChI is InChI=1S/C23H25ClN4O4S/c1-13-19(22(31)32-2)20(14-5-3-7-16(24)9-14)28-17(12-33-23(28)26-13)10-18(29)27-8-4-6-15(11-27)21(25)30/h3,5,7,9,12,15,20H,4,6,8,10-11H2,1-2H3,(H2,25,30)/t15-,20-/m1/s1. The highest BCUT2D eigenvalue weighted by molar-refractivity contribution is 8.16. The summed E-state index contributed by atoms with van der Waals surface area (Å²) >= 11 is 7.67. The van der Waals surface area contributed by atoms with Crippen molar-refractivity contribution in [2.75, 3.05) is 20.2 Å². The second kappa shape index (κ2) is 9.61. The molecule has 2 atom stereocenters. The van der Waals surface area contributed by atoms with Crippen LogP contribution in [0, 0.1) is 5.92 Å². The van der Waals surface area contributed by atoms with Crippen LogP contribution in [0.4, 0.5) is 0 Å². The number of piperidine rings is 1.